The fourth-order valence-corrected chi connectivity index (χ4v) is 2.62. The molecule has 6 nitrogen and oxygen atoms in total. The molecule has 0 radical (unpaired) electrons. The zero-order valence-corrected chi connectivity index (χ0v) is 12.3. The largest absolute Gasteiger partial charge is 0.481 e. The molecule has 1 aliphatic rings. The molecule has 1 fully saturated rings. The predicted octanol–water partition coefficient (Wildman–Crippen LogP) is 1.82. The second-order valence-corrected chi connectivity index (χ2v) is 5.69. The first-order chi connectivity index (χ1) is 9.35. The fourth-order valence-electron chi connectivity index (χ4n) is 2.62. The molecule has 3 atom stereocenters. The fraction of sp³-hybridized carbons (Fsp3) is 0.786. The van der Waals surface area contributed by atoms with Gasteiger partial charge in [-0.3, -0.25) is 4.79 Å². The van der Waals surface area contributed by atoms with Gasteiger partial charge < -0.3 is 15.3 Å². The van der Waals surface area contributed by atoms with E-state index in [4.69, 9.17) is 5.26 Å². The van der Waals surface area contributed by atoms with Crippen LogP contribution in [-0.4, -0.2) is 41.1 Å². The number of carboxylic acid groups (broad SMARTS) is 1. The van der Waals surface area contributed by atoms with Gasteiger partial charge in [0.2, 0.25) is 0 Å². The van der Waals surface area contributed by atoms with Gasteiger partial charge >= 0.3 is 12.0 Å². The van der Waals surface area contributed by atoms with E-state index in [1.54, 1.807) is 18.7 Å². The molecular weight excluding hydrogens is 258 g/mol. The monoisotopic (exact) mass is 281 g/mol. The minimum Gasteiger partial charge on any atom is -0.481 e. The van der Waals surface area contributed by atoms with Crippen LogP contribution in [0, 0.1) is 22.7 Å². The van der Waals surface area contributed by atoms with Crippen molar-refractivity contribution in [2.24, 2.45) is 11.3 Å². The number of nitriles is 1. The van der Waals surface area contributed by atoms with E-state index >= 15 is 0 Å². The van der Waals surface area contributed by atoms with E-state index in [2.05, 4.69) is 11.4 Å². The highest BCUT2D eigenvalue weighted by molar-refractivity contribution is 5.79. The van der Waals surface area contributed by atoms with Crippen molar-refractivity contribution in [3.63, 3.8) is 0 Å². The molecule has 6 heteroatoms. The molecule has 2 amide bonds. The Morgan fingerprint density at radius 2 is 2.25 bits per heavy atom. The lowest BCUT2D eigenvalue weighted by Gasteiger charge is -2.31. The van der Waals surface area contributed by atoms with Crippen LogP contribution in [0.2, 0.25) is 0 Å². The molecule has 0 aliphatic heterocycles. The van der Waals surface area contributed by atoms with Gasteiger partial charge in [-0.1, -0.05) is 6.42 Å². The van der Waals surface area contributed by atoms with Crippen LogP contribution in [0.1, 0.15) is 40.0 Å². The highest BCUT2D eigenvalue weighted by Crippen LogP contribution is 2.38. The number of urea groups is 1. The zero-order valence-electron chi connectivity index (χ0n) is 12.3. The van der Waals surface area contributed by atoms with Crippen molar-refractivity contribution < 1.29 is 14.7 Å². The van der Waals surface area contributed by atoms with E-state index in [9.17, 15) is 14.7 Å². The summed E-state index contributed by atoms with van der Waals surface area (Å²) < 4.78 is 0. The molecule has 1 rings (SSSR count). The Balaban J connectivity index is 2.69. The quantitative estimate of drug-likeness (QED) is 0.803. The second kappa shape index (κ2) is 6.60. The molecule has 0 aromatic heterocycles. The lowest BCUT2D eigenvalue weighted by molar-refractivity contribution is -0.148. The van der Waals surface area contributed by atoms with E-state index in [1.165, 1.54) is 0 Å². The molecule has 1 saturated carbocycles. The summed E-state index contributed by atoms with van der Waals surface area (Å²) in [6.45, 7) is 6.13. The van der Waals surface area contributed by atoms with Crippen molar-refractivity contribution in [2.45, 2.75) is 46.1 Å². The van der Waals surface area contributed by atoms with E-state index in [0.717, 1.165) is 6.42 Å². The predicted molar refractivity (Wildman–Crippen MR) is 73.9 cm³/mol. The Hall–Kier alpha value is -1.77. The Morgan fingerprint density at radius 3 is 2.75 bits per heavy atom. The van der Waals surface area contributed by atoms with E-state index in [0.29, 0.717) is 25.9 Å². The van der Waals surface area contributed by atoms with Crippen molar-refractivity contribution >= 4 is 12.0 Å². The van der Waals surface area contributed by atoms with Gasteiger partial charge in [0.15, 0.2) is 0 Å². The molecule has 0 bridgehead atoms. The summed E-state index contributed by atoms with van der Waals surface area (Å²) in [4.78, 5) is 25.1. The average Bonchev–Trinajstić information content (AvgIpc) is 2.78. The minimum atomic E-state index is -0.893. The van der Waals surface area contributed by atoms with E-state index in [1.807, 2.05) is 6.92 Å². The molecule has 0 saturated heterocycles. The third-order valence-corrected chi connectivity index (χ3v) is 4.13. The molecule has 0 aromatic rings. The maximum Gasteiger partial charge on any atom is 0.317 e. The van der Waals surface area contributed by atoms with Crippen molar-refractivity contribution in [3.05, 3.63) is 0 Å². The highest BCUT2D eigenvalue weighted by atomic mass is 16.4. The summed E-state index contributed by atoms with van der Waals surface area (Å²) in [5.74, 6) is -1.11. The van der Waals surface area contributed by atoms with Crippen LogP contribution in [-0.2, 0) is 4.79 Å². The normalized spacial score (nSPS) is 26.6. The maximum atomic E-state index is 12.2. The Bertz CT molecular complexity index is 418. The van der Waals surface area contributed by atoms with Gasteiger partial charge in [-0.15, -0.1) is 0 Å². The topological polar surface area (TPSA) is 93.4 Å². The van der Waals surface area contributed by atoms with Crippen LogP contribution in [0.3, 0.4) is 0 Å². The summed E-state index contributed by atoms with van der Waals surface area (Å²) in [7, 11) is 0. The Kier molecular flexibility index (Phi) is 5.37. The number of nitrogens with zero attached hydrogens (tertiary/aromatic N) is 2. The molecule has 2 N–H and O–H groups in total. The van der Waals surface area contributed by atoms with Gasteiger partial charge in [-0.05, 0) is 33.6 Å². The smallest absolute Gasteiger partial charge is 0.317 e. The molecule has 0 spiro atoms. The lowest BCUT2D eigenvalue weighted by atomic mass is 9.85. The Morgan fingerprint density at radius 1 is 1.60 bits per heavy atom. The SMILES string of the molecule is CCN(CC(C)C#N)C(=O)NC1CCCC1(C)C(=O)O. The lowest BCUT2D eigenvalue weighted by Crippen LogP contribution is -2.52. The number of carbonyl (C=O) groups excluding carboxylic acids is 1. The Labute approximate surface area is 119 Å². The van der Waals surface area contributed by atoms with Gasteiger partial charge in [-0.25, -0.2) is 4.79 Å². The molecule has 20 heavy (non-hydrogen) atoms. The molecule has 1 aliphatic carbocycles. The first-order valence-electron chi connectivity index (χ1n) is 7.03. The number of hydrogen-bond acceptors (Lipinski definition) is 3. The number of hydrogen-bond donors (Lipinski definition) is 2. The minimum absolute atomic E-state index is 0.241. The average molecular weight is 281 g/mol. The molecule has 112 valence electrons. The van der Waals surface area contributed by atoms with Crippen LogP contribution in [0.5, 0.6) is 0 Å². The van der Waals surface area contributed by atoms with E-state index in [-0.39, 0.29) is 18.0 Å². The van der Waals surface area contributed by atoms with Gasteiger partial charge in [0, 0.05) is 19.1 Å². The summed E-state index contributed by atoms with van der Waals surface area (Å²) >= 11 is 0. The number of aliphatic carboxylic acids is 1. The molecule has 0 heterocycles. The molecule has 0 aromatic carbocycles. The van der Waals surface area contributed by atoms with Gasteiger partial charge in [0.1, 0.15) is 0 Å². The molecule has 3 unspecified atom stereocenters. The molecular formula is C14H23N3O3. The summed E-state index contributed by atoms with van der Waals surface area (Å²) in [5.41, 5.74) is -0.893. The third kappa shape index (κ3) is 3.41. The number of rotatable bonds is 5. The van der Waals surface area contributed by atoms with Gasteiger partial charge in [-0.2, -0.15) is 5.26 Å². The first kappa shape index (κ1) is 16.3. The van der Waals surface area contributed by atoms with E-state index < -0.39 is 11.4 Å². The first-order valence-corrected chi connectivity index (χ1v) is 7.03. The van der Waals surface area contributed by atoms with Crippen LogP contribution in [0.15, 0.2) is 0 Å². The van der Waals surface area contributed by atoms with Crippen molar-refractivity contribution in [3.8, 4) is 6.07 Å². The maximum absolute atomic E-state index is 12.2. The van der Waals surface area contributed by atoms with Crippen LogP contribution < -0.4 is 5.32 Å². The van der Waals surface area contributed by atoms with Crippen LogP contribution in [0.4, 0.5) is 4.79 Å². The summed E-state index contributed by atoms with van der Waals surface area (Å²) in [5, 5.41) is 21.0. The zero-order chi connectivity index (χ0) is 15.3. The second-order valence-electron chi connectivity index (χ2n) is 5.69. The number of nitrogens with one attached hydrogen (secondary N) is 1. The highest BCUT2D eigenvalue weighted by Gasteiger charge is 2.46. The summed E-state index contributed by atoms with van der Waals surface area (Å²) in [6.07, 6.45) is 2.06. The number of carboxylic acids is 1. The van der Waals surface area contributed by atoms with Gasteiger partial charge in [0.05, 0.1) is 17.4 Å². The standard InChI is InChI=1S/C14H23N3O3/c1-4-17(9-10(2)8-15)13(20)16-11-6-5-7-14(11,3)12(18)19/h10-11H,4-7,9H2,1-3H3,(H,16,20)(H,18,19). The van der Waals surface area contributed by atoms with Crippen molar-refractivity contribution in [1.29, 1.82) is 5.26 Å². The third-order valence-electron chi connectivity index (χ3n) is 4.13. The summed E-state index contributed by atoms with van der Waals surface area (Å²) in [6, 6.07) is 1.47. The van der Waals surface area contributed by atoms with Gasteiger partial charge in [0.25, 0.3) is 0 Å². The van der Waals surface area contributed by atoms with Crippen molar-refractivity contribution in [2.75, 3.05) is 13.1 Å². The van der Waals surface area contributed by atoms with Crippen LogP contribution in [0.25, 0.3) is 0 Å². The number of carbonyl (C=O) groups is 2. The van der Waals surface area contributed by atoms with Crippen LogP contribution >= 0.6 is 0 Å². The number of amides is 2. The van der Waals surface area contributed by atoms with Crippen molar-refractivity contribution in [1.82, 2.24) is 10.2 Å².